The van der Waals surface area contributed by atoms with Gasteiger partial charge >= 0.3 is 0 Å². The van der Waals surface area contributed by atoms with Crippen molar-refractivity contribution in [2.24, 2.45) is 0 Å². The Bertz CT molecular complexity index is 361. The molecule has 1 fully saturated rings. The summed E-state index contributed by atoms with van der Waals surface area (Å²) in [6.07, 6.45) is 2.68. The van der Waals surface area contributed by atoms with E-state index in [1.54, 1.807) is 0 Å². The van der Waals surface area contributed by atoms with Gasteiger partial charge in [-0.15, -0.1) is 0 Å². The highest BCUT2D eigenvalue weighted by Gasteiger charge is 2.22. The van der Waals surface area contributed by atoms with Crippen molar-refractivity contribution in [3.8, 4) is 0 Å². The second-order valence-electron chi connectivity index (χ2n) is 5.35. The summed E-state index contributed by atoms with van der Waals surface area (Å²) in [5.41, 5.74) is 2.66. The highest BCUT2D eigenvalue weighted by atomic mass is 15.2. The molecule has 0 spiro atoms. The lowest BCUT2D eigenvalue weighted by molar-refractivity contribution is 0.314. The third-order valence-corrected chi connectivity index (χ3v) is 3.91. The summed E-state index contributed by atoms with van der Waals surface area (Å²) in [5, 5.41) is 3.18. The van der Waals surface area contributed by atoms with E-state index in [9.17, 15) is 0 Å². The predicted octanol–water partition coefficient (Wildman–Crippen LogP) is 1.94. The Morgan fingerprint density at radius 1 is 1.33 bits per heavy atom. The summed E-state index contributed by atoms with van der Waals surface area (Å²) < 4.78 is 0. The molecule has 1 aromatic carbocycles. The zero-order valence-corrected chi connectivity index (χ0v) is 11.8. The number of likely N-dealkylation sites (tertiary alicyclic amines) is 1. The van der Waals surface area contributed by atoms with E-state index < -0.39 is 0 Å². The number of likely N-dealkylation sites (N-methyl/N-ethyl adjacent to an activating group) is 2. The van der Waals surface area contributed by atoms with Crippen LogP contribution in [0.1, 0.15) is 18.4 Å². The molecule has 1 heterocycles. The molecule has 1 aliphatic rings. The van der Waals surface area contributed by atoms with Crippen LogP contribution in [0.5, 0.6) is 0 Å². The summed E-state index contributed by atoms with van der Waals surface area (Å²) >= 11 is 0. The number of nitrogens with one attached hydrogen (secondary N) is 1. The quantitative estimate of drug-likeness (QED) is 0.858. The third kappa shape index (κ3) is 3.24. The molecule has 1 unspecified atom stereocenters. The fourth-order valence-electron chi connectivity index (χ4n) is 2.70. The first-order valence-electron chi connectivity index (χ1n) is 6.85. The number of hydrogen-bond acceptors (Lipinski definition) is 3. The lowest BCUT2D eigenvalue weighted by atomic mass is 10.1. The van der Waals surface area contributed by atoms with E-state index in [2.05, 4.69) is 53.5 Å². The molecule has 1 aliphatic heterocycles. The van der Waals surface area contributed by atoms with Crippen LogP contribution in [-0.4, -0.2) is 45.2 Å². The minimum absolute atomic E-state index is 0.715. The van der Waals surface area contributed by atoms with Crippen LogP contribution in [0.15, 0.2) is 24.3 Å². The van der Waals surface area contributed by atoms with Gasteiger partial charge in [0.15, 0.2) is 0 Å². The molecule has 0 bridgehead atoms. The molecule has 0 aliphatic carbocycles. The van der Waals surface area contributed by atoms with Crippen molar-refractivity contribution < 1.29 is 0 Å². The molecule has 3 heteroatoms. The fourth-order valence-corrected chi connectivity index (χ4v) is 2.70. The summed E-state index contributed by atoms with van der Waals surface area (Å²) in [5.74, 6) is 0. The Hall–Kier alpha value is -1.06. The molecule has 2 rings (SSSR count). The van der Waals surface area contributed by atoms with Crippen LogP contribution in [0.2, 0.25) is 0 Å². The summed E-state index contributed by atoms with van der Waals surface area (Å²) in [4.78, 5) is 4.85. The van der Waals surface area contributed by atoms with Gasteiger partial charge in [-0.2, -0.15) is 0 Å². The third-order valence-electron chi connectivity index (χ3n) is 3.91. The topological polar surface area (TPSA) is 18.5 Å². The predicted molar refractivity (Wildman–Crippen MR) is 78.1 cm³/mol. The smallest absolute Gasteiger partial charge is 0.0364 e. The van der Waals surface area contributed by atoms with Gasteiger partial charge in [-0.05, 0) is 51.2 Å². The second-order valence-corrected chi connectivity index (χ2v) is 5.35. The average Bonchev–Trinajstić information content (AvgIpc) is 2.76. The molecule has 1 saturated heterocycles. The van der Waals surface area contributed by atoms with Crippen LogP contribution in [0.3, 0.4) is 0 Å². The zero-order chi connectivity index (χ0) is 13.0. The van der Waals surface area contributed by atoms with Gasteiger partial charge in [-0.25, -0.2) is 0 Å². The molecular formula is C15H25N3. The lowest BCUT2D eigenvalue weighted by Gasteiger charge is -2.27. The second kappa shape index (κ2) is 6.21. The highest BCUT2D eigenvalue weighted by Crippen LogP contribution is 2.19. The van der Waals surface area contributed by atoms with Crippen molar-refractivity contribution in [2.75, 3.05) is 39.1 Å². The monoisotopic (exact) mass is 247 g/mol. The molecule has 1 aromatic rings. The Morgan fingerprint density at radius 2 is 2.06 bits per heavy atom. The Morgan fingerprint density at radius 3 is 2.61 bits per heavy atom. The van der Waals surface area contributed by atoms with Crippen LogP contribution in [0.4, 0.5) is 5.69 Å². The summed E-state index contributed by atoms with van der Waals surface area (Å²) in [7, 11) is 6.41. The summed E-state index contributed by atoms with van der Waals surface area (Å²) in [6.45, 7) is 3.32. The van der Waals surface area contributed by atoms with Crippen LogP contribution < -0.4 is 10.2 Å². The number of hydrogen-bond donors (Lipinski definition) is 1. The fraction of sp³-hybridized carbons (Fsp3) is 0.600. The molecule has 0 amide bonds. The minimum atomic E-state index is 0.715. The van der Waals surface area contributed by atoms with Gasteiger partial charge in [0.05, 0.1) is 0 Å². The van der Waals surface area contributed by atoms with Crippen molar-refractivity contribution in [3.05, 3.63) is 29.8 Å². The van der Waals surface area contributed by atoms with Crippen LogP contribution >= 0.6 is 0 Å². The van der Waals surface area contributed by atoms with E-state index in [-0.39, 0.29) is 0 Å². The van der Waals surface area contributed by atoms with Gasteiger partial charge < -0.3 is 15.1 Å². The lowest BCUT2D eigenvalue weighted by Crippen LogP contribution is -2.36. The van der Waals surface area contributed by atoms with Gasteiger partial charge in [-0.3, -0.25) is 0 Å². The van der Waals surface area contributed by atoms with E-state index in [1.807, 2.05) is 7.05 Å². The largest absolute Gasteiger partial charge is 0.373 e. The van der Waals surface area contributed by atoms with Crippen LogP contribution in [0.25, 0.3) is 0 Å². The number of nitrogens with zero attached hydrogens (tertiary/aromatic N) is 2. The molecule has 18 heavy (non-hydrogen) atoms. The van der Waals surface area contributed by atoms with E-state index in [0.717, 1.165) is 13.1 Å². The van der Waals surface area contributed by atoms with Crippen LogP contribution in [0, 0.1) is 0 Å². The summed E-state index contributed by atoms with van der Waals surface area (Å²) in [6, 6.07) is 9.58. The molecule has 0 radical (unpaired) electrons. The Balaban J connectivity index is 1.93. The molecular weight excluding hydrogens is 222 g/mol. The number of benzene rings is 1. The van der Waals surface area contributed by atoms with Gasteiger partial charge in [0.2, 0.25) is 0 Å². The average molecular weight is 247 g/mol. The maximum absolute atomic E-state index is 3.18. The van der Waals surface area contributed by atoms with Crippen molar-refractivity contribution in [2.45, 2.75) is 25.4 Å². The maximum atomic E-state index is 3.18. The first-order chi connectivity index (χ1) is 8.70. The van der Waals surface area contributed by atoms with E-state index >= 15 is 0 Å². The van der Waals surface area contributed by atoms with Gasteiger partial charge in [-0.1, -0.05) is 12.1 Å². The molecule has 3 nitrogen and oxygen atoms in total. The SMILES string of the molecule is CNCc1ccc(N(C)CC2CCCN2C)cc1. The number of rotatable bonds is 5. The van der Waals surface area contributed by atoms with E-state index in [1.165, 1.54) is 30.6 Å². The Labute approximate surface area is 111 Å². The van der Waals surface area contributed by atoms with Crippen LogP contribution in [-0.2, 0) is 6.54 Å². The van der Waals surface area contributed by atoms with E-state index in [4.69, 9.17) is 0 Å². The van der Waals surface area contributed by atoms with Crippen molar-refractivity contribution >= 4 is 5.69 Å². The molecule has 1 atom stereocenters. The standard InChI is InChI=1S/C15H25N3/c1-16-11-13-6-8-14(9-7-13)18(3)12-15-5-4-10-17(15)2/h6-9,15-16H,4-5,10-12H2,1-3H3. The molecule has 0 aromatic heterocycles. The highest BCUT2D eigenvalue weighted by molar-refractivity contribution is 5.47. The first-order valence-corrected chi connectivity index (χ1v) is 6.85. The molecule has 100 valence electrons. The number of anilines is 1. The molecule has 1 N–H and O–H groups in total. The van der Waals surface area contributed by atoms with Gasteiger partial charge in [0.1, 0.15) is 0 Å². The Kier molecular flexibility index (Phi) is 4.61. The van der Waals surface area contributed by atoms with Crippen molar-refractivity contribution in [3.63, 3.8) is 0 Å². The normalized spacial score (nSPS) is 20.3. The van der Waals surface area contributed by atoms with Crippen molar-refractivity contribution in [1.29, 1.82) is 0 Å². The van der Waals surface area contributed by atoms with Crippen molar-refractivity contribution in [1.82, 2.24) is 10.2 Å². The van der Waals surface area contributed by atoms with E-state index in [0.29, 0.717) is 6.04 Å². The maximum Gasteiger partial charge on any atom is 0.0364 e. The van der Waals surface area contributed by atoms with Gasteiger partial charge in [0, 0.05) is 31.9 Å². The minimum Gasteiger partial charge on any atom is -0.373 e. The van der Waals surface area contributed by atoms with Gasteiger partial charge in [0.25, 0.3) is 0 Å². The first kappa shape index (κ1) is 13.4. The molecule has 0 saturated carbocycles. The zero-order valence-electron chi connectivity index (χ0n) is 11.8.